The minimum absolute atomic E-state index is 0.0115. The van der Waals surface area contributed by atoms with E-state index in [1.165, 1.54) is 11.1 Å². The molecule has 1 atom stereocenters. The SMILES string of the molecule is O=C(c1cccnc1)N1CCN(C(c2ccccc2)c2ccccc2)C(Cn2ccccc2=O)C1. The number of benzene rings is 2. The molecule has 5 rings (SSSR count). The minimum atomic E-state index is -0.0603. The Kier molecular flexibility index (Phi) is 6.82. The van der Waals surface area contributed by atoms with Gasteiger partial charge in [-0.3, -0.25) is 19.5 Å². The molecule has 1 unspecified atom stereocenters. The van der Waals surface area contributed by atoms with Gasteiger partial charge in [0, 0.05) is 56.9 Å². The molecule has 1 aliphatic heterocycles. The standard InChI is InChI=1S/C29H28N4O2/c34-27-15-7-8-17-31(27)21-26-22-32(29(35)25-14-9-16-30-20-25)18-19-33(26)28(23-10-3-1-4-11-23)24-12-5-2-6-13-24/h1-17,20,26,28H,18-19,21-22H2. The van der Waals surface area contributed by atoms with Gasteiger partial charge in [-0.25, -0.2) is 0 Å². The van der Waals surface area contributed by atoms with E-state index in [1.54, 1.807) is 41.2 Å². The lowest BCUT2D eigenvalue weighted by molar-refractivity contribution is 0.0333. The van der Waals surface area contributed by atoms with Gasteiger partial charge in [0.1, 0.15) is 0 Å². The summed E-state index contributed by atoms with van der Waals surface area (Å²) in [6, 6.07) is 29.6. The van der Waals surface area contributed by atoms with Crippen molar-refractivity contribution in [1.29, 1.82) is 0 Å². The van der Waals surface area contributed by atoms with Gasteiger partial charge in [-0.1, -0.05) is 66.7 Å². The van der Waals surface area contributed by atoms with Crippen LogP contribution in [0.4, 0.5) is 0 Å². The summed E-state index contributed by atoms with van der Waals surface area (Å²) in [5, 5.41) is 0. The van der Waals surface area contributed by atoms with Gasteiger partial charge >= 0.3 is 0 Å². The molecule has 2 aromatic carbocycles. The van der Waals surface area contributed by atoms with E-state index in [9.17, 15) is 9.59 Å². The molecule has 0 bridgehead atoms. The normalized spacial score (nSPS) is 16.4. The molecule has 1 amide bonds. The number of nitrogens with zero attached hydrogens (tertiary/aromatic N) is 4. The summed E-state index contributed by atoms with van der Waals surface area (Å²) in [5.74, 6) is -0.0286. The topological polar surface area (TPSA) is 58.4 Å². The lowest BCUT2D eigenvalue weighted by Gasteiger charge is -2.45. The number of carbonyl (C=O) groups is 1. The molecule has 35 heavy (non-hydrogen) atoms. The summed E-state index contributed by atoms with van der Waals surface area (Å²) < 4.78 is 1.74. The van der Waals surface area contributed by atoms with Crippen molar-refractivity contribution in [2.24, 2.45) is 0 Å². The third-order valence-corrected chi connectivity index (χ3v) is 6.59. The molecule has 1 aliphatic rings. The Morgan fingerprint density at radius 1 is 0.857 bits per heavy atom. The Labute approximate surface area is 205 Å². The molecule has 0 aliphatic carbocycles. The van der Waals surface area contributed by atoms with Gasteiger partial charge < -0.3 is 9.47 Å². The summed E-state index contributed by atoms with van der Waals surface area (Å²) in [5.41, 5.74) is 2.92. The van der Waals surface area contributed by atoms with Crippen LogP contribution in [0.25, 0.3) is 0 Å². The van der Waals surface area contributed by atoms with Gasteiger partial charge in [0.2, 0.25) is 0 Å². The van der Waals surface area contributed by atoms with Crippen LogP contribution < -0.4 is 5.56 Å². The number of hydrogen-bond donors (Lipinski definition) is 0. The highest BCUT2D eigenvalue weighted by atomic mass is 16.2. The fourth-order valence-corrected chi connectivity index (χ4v) is 4.91. The van der Waals surface area contributed by atoms with E-state index in [0.29, 0.717) is 31.7 Å². The molecule has 0 saturated carbocycles. The average Bonchev–Trinajstić information content (AvgIpc) is 2.92. The molecule has 6 heteroatoms. The fraction of sp³-hybridized carbons (Fsp3) is 0.207. The predicted molar refractivity (Wildman–Crippen MR) is 136 cm³/mol. The highest BCUT2D eigenvalue weighted by Gasteiger charge is 2.35. The first-order chi connectivity index (χ1) is 17.2. The second-order valence-electron chi connectivity index (χ2n) is 8.80. The molecular formula is C29H28N4O2. The first-order valence-corrected chi connectivity index (χ1v) is 11.9. The van der Waals surface area contributed by atoms with E-state index in [4.69, 9.17) is 0 Å². The highest BCUT2D eigenvalue weighted by Crippen LogP contribution is 2.32. The smallest absolute Gasteiger partial charge is 0.255 e. The minimum Gasteiger partial charge on any atom is -0.336 e. The summed E-state index contributed by atoms with van der Waals surface area (Å²) >= 11 is 0. The number of aromatic nitrogens is 2. The largest absolute Gasteiger partial charge is 0.336 e. The van der Waals surface area contributed by atoms with Crippen LogP contribution in [-0.4, -0.2) is 50.9 Å². The summed E-state index contributed by atoms with van der Waals surface area (Å²) in [7, 11) is 0. The Hall–Kier alpha value is -4.03. The predicted octanol–water partition coefficient (Wildman–Crippen LogP) is 3.86. The Balaban J connectivity index is 1.52. The zero-order valence-electron chi connectivity index (χ0n) is 19.5. The van der Waals surface area contributed by atoms with Crippen LogP contribution in [0.5, 0.6) is 0 Å². The summed E-state index contributed by atoms with van der Waals surface area (Å²) in [6.07, 6.45) is 5.11. The number of carbonyl (C=O) groups excluding carboxylic acids is 1. The zero-order chi connectivity index (χ0) is 24.0. The van der Waals surface area contributed by atoms with E-state index < -0.39 is 0 Å². The van der Waals surface area contributed by atoms with E-state index in [2.05, 4.69) is 58.4 Å². The van der Waals surface area contributed by atoms with Gasteiger partial charge in [-0.15, -0.1) is 0 Å². The number of pyridine rings is 2. The molecule has 176 valence electrons. The maximum absolute atomic E-state index is 13.3. The molecule has 1 saturated heterocycles. The third-order valence-electron chi connectivity index (χ3n) is 6.59. The molecule has 0 radical (unpaired) electrons. The second kappa shape index (κ2) is 10.5. The van der Waals surface area contributed by atoms with Crippen LogP contribution in [0.3, 0.4) is 0 Å². The summed E-state index contributed by atoms with van der Waals surface area (Å²) in [4.78, 5) is 34.3. The molecule has 0 spiro atoms. The number of hydrogen-bond acceptors (Lipinski definition) is 4. The fourth-order valence-electron chi connectivity index (χ4n) is 4.91. The van der Waals surface area contributed by atoms with Crippen LogP contribution >= 0.6 is 0 Å². The average molecular weight is 465 g/mol. The molecule has 1 fully saturated rings. The maximum atomic E-state index is 13.3. The quantitative estimate of drug-likeness (QED) is 0.435. The van der Waals surface area contributed by atoms with Crippen LogP contribution in [0.2, 0.25) is 0 Å². The van der Waals surface area contributed by atoms with Crippen LogP contribution in [0.15, 0.2) is 114 Å². The number of amides is 1. The van der Waals surface area contributed by atoms with Gasteiger partial charge in [0.25, 0.3) is 11.5 Å². The van der Waals surface area contributed by atoms with Crippen molar-refractivity contribution in [2.75, 3.05) is 19.6 Å². The second-order valence-corrected chi connectivity index (χ2v) is 8.80. The molecule has 4 aromatic rings. The number of piperazine rings is 1. The van der Waals surface area contributed by atoms with Crippen molar-refractivity contribution in [3.63, 3.8) is 0 Å². The Morgan fingerprint density at radius 2 is 1.54 bits per heavy atom. The van der Waals surface area contributed by atoms with Crippen molar-refractivity contribution >= 4 is 5.91 Å². The van der Waals surface area contributed by atoms with Crippen LogP contribution in [0.1, 0.15) is 27.5 Å². The first-order valence-electron chi connectivity index (χ1n) is 11.9. The van der Waals surface area contributed by atoms with Crippen molar-refractivity contribution in [2.45, 2.75) is 18.6 Å². The van der Waals surface area contributed by atoms with Crippen molar-refractivity contribution in [3.05, 3.63) is 137 Å². The first kappa shape index (κ1) is 22.7. The van der Waals surface area contributed by atoms with Gasteiger partial charge in [-0.2, -0.15) is 0 Å². The van der Waals surface area contributed by atoms with Crippen molar-refractivity contribution in [1.82, 2.24) is 19.4 Å². The van der Waals surface area contributed by atoms with Crippen LogP contribution in [-0.2, 0) is 6.54 Å². The van der Waals surface area contributed by atoms with E-state index in [0.717, 1.165) is 0 Å². The maximum Gasteiger partial charge on any atom is 0.255 e. The van der Waals surface area contributed by atoms with Crippen molar-refractivity contribution < 1.29 is 4.79 Å². The monoisotopic (exact) mass is 464 g/mol. The Bertz CT molecular complexity index is 1270. The lowest BCUT2D eigenvalue weighted by Crippen LogP contribution is -2.57. The summed E-state index contributed by atoms with van der Waals surface area (Å²) in [6.45, 7) is 2.30. The van der Waals surface area contributed by atoms with Crippen molar-refractivity contribution in [3.8, 4) is 0 Å². The number of rotatable bonds is 6. The molecular weight excluding hydrogens is 436 g/mol. The van der Waals surface area contributed by atoms with E-state index in [-0.39, 0.29) is 23.6 Å². The molecule has 3 heterocycles. The highest BCUT2D eigenvalue weighted by molar-refractivity contribution is 5.94. The lowest BCUT2D eigenvalue weighted by atomic mass is 9.94. The molecule has 2 aromatic heterocycles. The van der Waals surface area contributed by atoms with Gasteiger partial charge in [0.15, 0.2) is 0 Å². The van der Waals surface area contributed by atoms with Crippen LogP contribution in [0, 0.1) is 0 Å². The van der Waals surface area contributed by atoms with E-state index in [1.807, 2.05) is 29.3 Å². The van der Waals surface area contributed by atoms with Gasteiger partial charge in [-0.05, 0) is 29.3 Å². The Morgan fingerprint density at radius 3 is 2.17 bits per heavy atom. The molecule has 6 nitrogen and oxygen atoms in total. The molecule has 0 N–H and O–H groups in total. The van der Waals surface area contributed by atoms with Gasteiger partial charge in [0.05, 0.1) is 11.6 Å². The third kappa shape index (κ3) is 5.08. The van der Waals surface area contributed by atoms with E-state index >= 15 is 0 Å². The zero-order valence-corrected chi connectivity index (χ0v) is 19.5.